The number of anilines is 2. The Hall–Kier alpha value is -2.94. The Balaban J connectivity index is 1.99. The van der Waals surface area contributed by atoms with Gasteiger partial charge in [0.1, 0.15) is 12.6 Å². The molecule has 1 N–H and O–H groups in total. The molecule has 0 amide bonds. The molecule has 0 saturated carbocycles. The minimum absolute atomic E-state index is 0.181. The maximum Gasteiger partial charge on any atom is 0.338 e. The van der Waals surface area contributed by atoms with Crippen molar-refractivity contribution >= 4 is 17.6 Å². The van der Waals surface area contributed by atoms with Gasteiger partial charge in [-0.15, -0.1) is 0 Å². The van der Waals surface area contributed by atoms with E-state index in [1.807, 2.05) is 50.2 Å². The van der Waals surface area contributed by atoms with Gasteiger partial charge in [0.2, 0.25) is 5.95 Å². The molecule has 9 nitrogen and oxygen atoms in total. The Morgan fingerprint density at radius 1 is 1.27 bits per heavy atom. The van der Waals surface area contributed by atoms with Crippen LogP contribution < -0.4 is 10.2 Å². The smallest absolute Gasteiger partial charge is 0.338 e. The van der Waals surface area contributed by atoms with Crippen LogP contribution >= 0.6 is 0 Å². The molecule has 1 atom stereocenters. The predicted molar refractivity (Wildman–Crippen MR) is 95.9 cm³/mol. The zero-order valence-corrected chi connectivity index (χ0v) is 15.3. The highest BCUT2D eigenvalue weighted by atomic mass is 16.6. The number of ether oxygens (including phenoxy) is 2. The molecular formula is C17H22N6O3. The SMILES string of the molecule is COCCOC(=O)C1=C(C)Nc2nnnn2C1c1ccc(N(C)C)cc1. The summed E-state index contributed by atoms with van der Waals surface area (Å²) in [6.45, 7) is 2.33. The molecule has 0 spiro atoms. The van der Waals surface area contributed by atoms with Crippen molar-refractivity contribution in [3.63, 3.8) is 0 Å². The Kier molecular flexibility index (Phi) is 5.17. The number of fused-ring (bicyclic) bond motifs is 1. The standard InChI is InChI=1S/C17H22N6O3/c1-11-14(16(24)26-10-9-25-4)15(23-17(18-11)19-20-21-23)12-5-7-13(8-6-12)22(2)3/h5-8,15H,9-10H2,1-4H3,(H,18,19,21). The Labute approximate surface area is 151 Å². The zero-order valence-electron chi connectivity index (χ0n) is 15.3. The number of hydrogen-bond donors (Lipinski definition) is 1. The summed E-state index contributed by atoms with van der Waals surface area (Å²) in [6, 6.07) is 7.45. The van der Waals surface area contributed by atoms with Gasteiger partial charge in [-0.2, -0.15) is 4.68 Å². The van der Waals surface area contributed by atoms with Gasteiger partial charge in [-0.25, -0.2) is 4.79 Å². The van der Waals surface area contributed by atoms with Gasteiger partial charge in [0, 0.05) is 32.6 Å². The Morgan fingerprint density at radius 2 is 2.00 bits per heavy atom. The lowest BCUT2D eigenvalue weighted by Gasteiger charge is -2.27. The van der Waals surface area contributed by atoms with Crippen molar-refractivity contribution in [2.24, 2.45) is 0 Å². The van der Waals surface area contributed by atoms with Gasteiger partial charge in [0.15, 0.2) is 0 Å². The molecule has 0 radical (unpaired) electrons. The van der Waals surface area contributed by atoms with Gasteiger partial charge in [0.05, 0.1) is 12.2 Å². The first-order chi connectivity index (χ1) is 12.5. The van der Waals surface area contributed by atoms with Crippen molar-refractivity contribution in [1.29, 1.82) is 0 Å². The lowest BCUT2D eigenvalue weighted by atomic mass is 9.95. The molecule has 1 aromatic heterocycles. The van der Waals surface area contributed by atoms with Crippen LogP contribution in [0.5, 0.6) is 0 Å². The summed E-state index contributed by atoms with van der Waals surface area (Å²) in [5.41, 5.74) is 3.09. The van der Waals surface area contributed by atoms with Gasteiger partial charge >= 0.3 is 5.97 Å². The number of esters is 1. The average molecular weight is 358 g/mol. The number of aromatic nitrogens is 4. The molecule has 138 valence electrons. The Morgan fingerprint density at radius 3 is 2.65 bits per heavy atom. The minimum Gasteiger partial charge on any atom is -0.460 e. The summed E-state index contributed by atoms with van der Waals surface area (Å²) in [6.07, 6.45) is 0. The minimum atomic E-state index is -0.465. The fraction of sp³-hybridized carbons (Fsp3) is 0.412. The largest absolute Gasteiger partial charge is 0.460 e. The topological polar surface area (TPSA) is 94.4 Å². The summed E-state index contributed by atoms with van der Waals surface area (Å²) in [7, 11) is 5.51. The highest BCUT2D eigenvalue weighted by Gasteiger charge is 2.34. The first-order valence-corrected chi connectivity index (χ1v) is 8.22. The molecule has 0 saturated heterocycles. The van der Waals surface area contributed by atoms with Crippen molar-refractivity contribution in [1.82, 2.24) is 20.2 Å². The van der Waals surface area contributed by atoms with Crippen LogP contribution in [-0.2, 0) is 14.3 Å². The molecule has 0 aliphatic carbocycles. The lowest BCUT2D eigenvalue weighted by Crippen LogP contribution is -2.30. The fourth-order valence-electron chi connectivity index (χ4n) is 2.84. The third-order valence-corrected chi connectivity index (χ3v) is 4.18. The van der Waals surface area contributed by atoms with Crippen molar-refractivity contribution in [3.05, 3.63) is 41.1 Å². The van der Waals surface area contributed by atoms with E-state index >= 15 is 0 Å². The third kappa shape index (κ3) is 3.38. The maximum absolute atomic E-state index is 12.7. The van der Waals surface area contributed by atoms with Gasteiger partial charge in [-0.05, 0) is 35.0 Å². The molecule has 1 unspecified atom stereocenters. The van der Waals surface area contributed by atoms with E-state index in [-0.39, 0.29) is 6.61 Å². The quantitative estimate of drug-likeness (QED) is 0.608. The van der Waals surface area contributed by atoms with E-state index in [1.54, 1.807) is 11.8 Å². The summed E-state index contributed by atoms with van der Waals surface area (Å²) in [5.74, 6) is 0.0625. The molecule has 26 heavy (non-hydrogen) atoms. The van der Waals surface area contributed by atoms with E-state index in [0.717, 1.165) is 11.3 Å². The first-order valence-electron chi connectivity index (χ1n) is 8.22. The van der Waals surface area contributed by atoms with Gasteiger partial charge < -0.3 is 19.7 Å². The van der Waals surface area contributed by atoms with Crippen LogP contribution in [-0.4, -0.2) is 60.6 Å². The summed E-state index contributed by atoms with van der Waals surface area (Å²) in [4.78, 5) is 14.7. The summed E-state index contributed by atoms with van der Waals surface area (Å²) in [5, 5.41) is 14.8. The number of rotatable bonds is 6. The molecule has 1 aliphatic heterocycles. The maximum atomic E-state index is 12.7. The van der Waals surface area contributed by atoms with Crippen molar-refractivity contribution in [2.75, 3.05) is 44.6 Å². The highest BCUT2D eigenvalue weighted by molar-refractivity contribution is 5.92. The average Bonchev–Trinajstić information content (AvgIpc) is 3.08. The van der Waals surface area contributed by atoms with Crippen LogP contribution in [0, 0.1) is 0 Å². The number of allylic oxidation sites excluding steroid dienone is 1. The first kappa shape index (κ1) is 17.9. The van der Waals surface area contributed by atoms with E-state index in [1.165, 1.54) is 0 Å². The number of nitrogens with zero attached hydrogens (tertiary/aromatic N) is 5. The number of carbonyl (C=O) groups is 1. The summed E-state index contributed by atoms with van der Waals surface area (Å²) < 4.78 is 11.9. The van der Waals surface area contributed by atoms with E-state index < -0.39 is 12.0 Å². The van der Waals surface area contributed by atoms with Gasteiger partial charge in [-0.1, -0.05) is 17.2 Å². The summed E-state index contributed by atoms with van der Waals surface area (Å²) >= 11 is 0. The second-order valence-electron chi connectivity index (χ2n) is 6.13. The molecule has 1 aliphatic rings. The molecule has 9 heteroatoms. The van der Waals surface area contributed by atoms with Crippen LogP contribution in [0.1, 0.15) is 18.5 Å². The molecule has 0 fully saturated rings. The molecule has 2 heterocycles. The molecule has 3 rings (SSSR count). The van der Waals surface area contributed by atoms with E-state index in [4.69, 9.17) is 9.47 Å². The number of carbonyl (C=O) groups excluding carboxylic acids is 1. The van der Waals surface area contributed by atoms with Crippen molar-refractivity contribution in [2.45, 2.75) is 13.0 Å². The van der Waals surface area contributed by atoms with Crippen LogP contribution in [0.25, 0.3) is 0 Å². The number of methoxy groups -OCH3 is 1. The van der Waals surface area contributed by atoms with Crippen molar-refractivity contribution < 1.29 is 14.3 Å². The zero-order chi connectivity index (χ0) is 18.7. The molecule has 1 aromatic carbocycles. The molecular weight excluding hydrogens is 336 g/mol. The van der Waals surface area contributed by atoms with Crippen LogP contribution in [0.15, 0.2) is 35.5 Å². The molecule has 0 bridgehead atoms. The van der Waals surface area contributed by atoms with Crippen LogP contribution in [0.2, 0.25) is 0 Å². The van der Waals surface area contributed by atoms with Crippen LogP contribution in [0.3, 0.4) is 0 Å². The normalized spacial score (nSPS) is 16.1. The molecule has 2 aromatic rings. The predicted octanol–water partition coefficient (Wildman–Crippen LogP) is 1.22. The second kappa shape index (κ2) is 7.52. The number of benzene rings is 1. The monoisotopic (exact) mass is 358 g/mol. The van der Waals surface area contributed by atoms with E-state index in [9.17, 15) is 4.79 Å². The highest BCUT2D eigenvalue weighted by Crippen LogP contribution is 2.35. The van der Waals surface area contributed by atoms with E-state index in [2.05, 4.69) is 20.8 Å². The van der Waals surface area contributed by atoms with Gasteiger partial charge in [0.25, 0.3) is 0 Å². The van der Waals surface area contributed by atoms with Gasteiger partial charge in [-0.3, -0.25) is 0 Å². The van der Waals surface area contributed by atoms with E-state index in [0.29, 0.717) is 23.8 Å². The number of tetrazole rings is 1. The van der Waals surface area contributed by atoms with Crippen LogP contribution in [0.4, 0.5) is 11.6 Å². The number of nitrogens with one attached hydrogen (secondary N) is 1. The lowest BCUT2D eigenvalue weighted by molar-refractivity contribution is -0.140. The Bertz CT molecular complexity index is 812. The second-order valence-corrected chi connectivity index (χ2v) is 6.13. The number of hydrogen-bond acceptors (Lipinski definition) is 8. The fourth-order valence-corrected chi connectivity index (χ4v) is 2.84. The van der Waals surface area contributed by atoms with Crippen molar-refractivity contribution in [3.8, 4) is 0 Å². The third-order valence-electron chi connectivity index (χ3n) is 4.18.